The Morgan fingerprint density at radius 3 is 2.78 bits per heavy atom. The van der Waals surface area contributed by atoms with E-state index in [2.05, 4.69) is 10.1 Å². The smallest absolute Gasteiger partial charge is 0.214 e. The molecule has 3 rings (SSSR count). The van der Waals surface area contributed by atoms with Gasteiger partial charge in [0.15, 0.2) is 0 Å². The molecule has 6 heteroatoms. The van der Waals surface area contributed by atoms with E-state index in [4.69, 9.17) is 10.5 Å². The molecule has 0 amide bonds. The molecule has 2 N–H and O–H groups in total. The molecule has 0 atom stereocenters. The minimum atomic E-state index is 0.524. The number of hydrogen-bond acceptors (Lipinski definition) is 5. The molecule has 2 aromatic heterocycles. The summed E-state index contributed by atoms with van der Waals surface area (Å²) < 4.78 is 7.10. The van der Waals surface area contributed by atoms with E-state index in [1.54, 1.807) is 4.52 Å². The van der Waals surface area contributed by atoms with Crippen molar-refractivity contribution in [1.82, 2.24) is 14.6 Å². The van der Waals surface area contributed by atoms with Gasteiger partial charge in [0.2, 0.25) is 10.1 Å². The summed E-state index contributed by atoms with van der Waals surface area (Å²) in [5.74, 6) is 0.865. The zero-order valence-electron chi connectivity index (χ0n) is 9.83. The van der Waals surface area contributed by atoms with Gasteiger partial charge in [0.05, 0.1) is 18.5 Å². The van der Waals surface area contributed by atoms with E-state index in [0.717, 1.165) is 22.0 Å². The fraction of sp³-hybridized carbons (Fsp3) is 0.167. The van der Waals surface area contributed by atoms with E-state index < -0.39 is 0 Å². The summed E-state index contributed by atoms with van der Waals surface area (Å²) in [6.07, 6.45) is 1.87. The second kappa shape index (κ2) is 4.30. The van der Waals surface area contributed by atoms with Crippen LogP contribution in [0.3, 0.4) is 0 Å². The Morgan fingerprint density at radius 2 is 2.11 bits per heavy atom. The van der Waals surface area contributed by atoms with E-state index in [1.807, 2.05) is 37.4 Å². The molecule has 0 aliphatic rings. The Hall–Kier alpha value is -2.08. The normalized spacial score (nSPS) is 10.9. The van der Waals surface area contributed by atoms with Crippen molar-refractivity contribution in [3.63, 3.8) is 0 Å². The molecule has 5 nitrogen and oxygen atoms in total. The van der Waals surface area contributed by atoms with Gasteiger partial charge < -0.3 is 10.5 Å². The molecule has 0 radical (unpaired) electrons. The van der Waals surface area contributed by atoms with Crippen LogP contribution in [-0.2, 0) is 0 Å². The zero-order chi connectivity index (χ0) is 12.5. The van der Waals surface area contributed by atoms with Crippen LogP contribution in [0.2, 0.25) is 0 Å². The number of nitrogens with two attached hydrogens (primary N) is 1. The molecule has 0 spiro atoms. The quantitative estimate of drug-likeness (QED) is 0.785. The molecule has 2 heterocycles. The zero-order valence-corrected chi connectivity index (χ0v) is 10.6. The predicted octanol–water partition coefficient (Wildman–Crippen LogP) is 2.44. The summed E-state index contributed by atoms with van der Waals surface area (Å²) in [7, 11) is 0. The molecule has 0 unspecified atom stereocenters. The number of nitrogen functional groups attached to an aromatic ring is 1. The number of imidazole rings is 1. The minimum absolute atomic E-state index is 0.524. The number of benzene rings is 1. The van der Waals surface area contributed by atoms with Crippen molar-refractivity contribution in [2.45, 2.75) is 6.92 Å². The van der Waals surface area contributed by atoms with Crippen LogP contribution in [0, 0.1) is 0 Å². The number of anilines is 1. The summed E-state index contributed by atoms with van der Waals surface area (Å²) in [5.41, 5.74) is 7.53. The highest BCUT2D eigenvalue weighted by atomic mass is 32.1. The fourth-order valence-electron chi connectivity index (χ4n) is 1.74. The van der Waals surface area contributed by atoms with Gasteiger partial charge in [-0.05, 0) is 31.2 Å². The first-order valence-electron chi connectivity index (χ1n) is 5.61. The van der Waals surface area contributed by atoms with Gasteiger partial charge in [0.25, 0.3) is 0 Å². The molecule has 3 aromatic rings. The second-order valence-electron chi connectivity index (χ2n) is 3.75. The van der Waals surface area contributed by atoms with Crippen LogP contribution in [0.15, 0.2) is 30.5 Å². The van der Waals surface area contributed by atoms with Crippen molar-refractivity contribution in [3.8, 4) is 17.0 Å². The Morgan fingerprint density at radius 1 is 1.33 bits per heavy atom. The number of nitrogens with zero attached hydrogens (tertiary/aromatic N) is 3. The number of aromatic nitrogens is 3. The topological polar surface area (TPSA) is 65.4 Å². The van der Waals surface area contributed by atoms with Gasteiger partial charge in [-0.3, -0.25) is 0 Å². The SMILES string of the molecule is CCOc1ccc(-c2cn3nc(N)sc3n2)cc1. The van der Waals surface area contributed by atoms with Crippen LogP contribution >= 0.6 is 11.3 Å². The van der Waals surface area contributed by atoms with Gasteiger partial charge in [-0.15, -0.1) is 5.10 Å². The van der Waals surface area contributed by atoms with Crippen LogP contribution in [0.1, 0.15) is 6.92 Å². The van der Waals surface area contributed by atoms with E-state index in [9.17, 15) is 0 Å². The van der Waals surface area contributed by atoms with Crippen LogP contribution in [0.25, 0.3) is 16.2 Å². The number of ether oxygens (including phenoxy) is 1. The monoisotopic (exact) mass is 260 g/mol. The van der Waals surface area contributed by atoms with Crippen molar-refractivity contribution in [3.05, 3.63) is 30.5 Å². The molecule has 0 aliphatic carbocycles. The summed E-state index contributed by atoms with van der Waals surface area (Å²) in [4.78, 5) is 5.28. The molecule has 0 saturated heterocycles. The first-order chi connectivity index (χ1) is 8.76. The van der Waals surface area contributed by atoms with Gasteiger partial charge in [0, 0.05) is 5.56 Å². The highest BCUT2D eigenvalue weighted by Gasteiger charge is 2.08. The van der Waals surface area contributed by atoms with Gasteiger partial charge >= 0.3 is 0 Å². The van der Waals surface area contributed by atoms with Gasteiger partial charge in [-0.25, -0.2) is 9.50 Å². The van der Waals surface area contributed by atoms with Crippen molar-refractivity contribution < 1.29 is 4.74 Å². The summed E-state index contributed by atoms with van der Waals surface area (Å²) in [6.45, 7) is 2.64. The highest BCUT2D eigenvalue weighted by Crippen LogP contribution is 2.24. The van der Waals surface area contributed by atoms with Gasteiger partial charge in [-0.1, -0.05) is 11.3 Å². The third kappa shape index (κ3) is 1.91. The minimum Gasteiger partial charge on any atom is -0.494 e. The average Bonchev–Trinajstić information content (AvgIpc) is 2.87. The number of hydrogen-bond donors (Lipinski definition) is 1. The lowest BCUT2D eigenvalue weighted by Crippen LogP contribution is -1.90. The van der Waals surface area contributed by atoms with Crippen molar-refractivity contribution in [2.24, 2.45) is 0 Å². The summed E-state index contributed by atoms with van der Waals surface area (Å²) >= 11 is 1.37. The van der Waals surface area contributed by atoms with E-state index in [-0.39, 0.29) is 0 Å². The number of rotatable bonds is 3. The molecule has 0 fully saturated rings. The van der Waals surface area contributed by atoms with Crippen LogP contribution in [0.5, 0.6) is 5.75 Å². The molecule has 18 heavy (non-hydrogen) atoms. The highest BCUT2D eigenvalue weighted by molar-refractivity contribution is 7.20. The van der Waals surface area contributed by atoms with Crippen LogP contribution in [-0.4, -0.2) is 21.2 Å². The largest absolute Gasteiger partial charge is 0.494 e. The van der Waals surface area contributed by atoms with Crippen molar-refractivity contribution in [2.75, 3.05) is 12.3 Å². The van der Waals surface area contributed by atoms with E-state index in [1.165, 1.54) is 11.3 Å². The lowest BCUT2D eigenvalue weighted by atomic mass is 10.2. The van der Waals surface area contributed by atoms with E-state index in [0.29, 0.717) is 11.7 Å². The molecule has 0 saturated carbocycles. The third-order valence-corrected chi connectivity index (χ3v) is 3.27. The standard InChI is InChI=1S/C12H12N4OS/c1-2-17-9-5-3-8(4-6-9)10-7-16-12(14-10)18-11(13)15-16/h3-7H,2H2,1H3,(H2,13,15). The summed E-state index contributed by atoms with van der Waals surface area (Å²) in [5, 5.41) is 4.66. The maximum absolute atomic E-state index is 5.61. The molecular formula is C12H12N4OS. The van der Waals surface area contributed by atoms with Gasteiger partial charge in [0.1, 0.15) is 5.75 Å². The lowest BCUT2D eigenvalue weighted by Gasteiger charge is -2.02. The Kier molecular flexibility index (Phi) is 2.64. The first kappa shape index (κ1) is 11.0. The Labute approximate surface area is 108 Å². The molecular weight excluding hydrogens is 248 g/mol. The van der Waals surface area contributed by atoms with Crippen LogP contribution in [0.4, 0.5) is 5.13 Å². The molecule has 1 aromatic carbocycles. The van der Waals surface area contributed by atoms with Gasteiger partial charge in [-0.2, -0.15) is 0 Å². The average molecular weight is 260 g/mol. The maximum Gasteiger partial charge on any atom is 0.214 e. The predicted molar refractivity (Wildman–Crippen MR) is 71.9 cm³/mol. The fourth-order valence-corrected chi connectivity index (χ4v) is 2.39. The van der Waals surface area contributed by atoms with Crippen LogP contribution < -0.4 is 10.5 Å². The van der Waals surface area contributed by atoms with Crippen molar-refractivity contribution in [1.29, 1.82) is 0 Å². The maximum atomic E-state index is 5.61. The first-order valence-corrected chi connectivity index (χ1v) is 6.43. The summed E-state index contributed by atoms with van der Waals surface area (Å²) in [6, 6.07) is 7.85. The third-order valence-electron chi connectivity index (χ3n) is 2.52. The Bertz CT molecular complexity index is 640. The Balaban J connectivity index is 1.95. The number of fused-ring (bicyclic) bond motifs is 1. The molecule has 0 aliphatic heterocycles. The molecule has 92 valence electrons. The second-order valence-corrected chi connectivity index (χ2v) is 4.74. The van der Waals surface area contributed by atoms with Crippen molar-refractivity contribution >= 4 is 21.4 Å². The molecule has 0 bridgehead atoms. The van der Waals surface area contributed by atoms with E-state index >= 15 is 0 Å². The lowest BCUT2D eigenvalue weighted by molar-refractivity contribution is 0.340.